The molecular weight excluding hydrogens is 246 g/mol. The minimum atomic E-state index is -0.738. The second-order valence-corrected chi connectivity index (χ2v) is 4.24. The third-order valence-corrected chi connectivity index (χ3v) is 2.62. The molecule has 0 spiro atoms. The van der Waals surface area contributed by atoms with Crippen LogP contribution in [0.25, 0.3) is 0 Å². The van der Waals surface area contributed by atoms with Crippen molar-refractivity contribution >= 4 is 5.91 Å². The predicted octanol–water partition coefficient (Wildman–Crippen LogP) is 0.341. The molecule has 1 atom stereocenters. The molecule has 0 fully saturated rings. The van der Waals surface area contributed by atoms with Crippen molar-refractivity contribution in [2.45, 2.75) is 13.0 Å². The number of methoxy groups -OCH3 is 1. The standard InChI is InChI=1S/C13H17N3O3/c1-9-10(6-14)4-5-12(15-9)13(18)16(2)7-11(17)8-19-3/h4-5,11,17H,7-8H2,1-3H3. The number of likely N-dealkylation sites (N-methyl/N-ethyl adjacent to an activating group) is 1. The zero-order valence-corrected chi connectivity index (χ0v) is 11.3. The number of carbonyl (C=O) groups excluding carboxylic acids is 1. The number of nitrogens with zero attached hydrogens (tertiary/aromatic N) is 3. The Kier molecular flexibility index (Phi) is 5.42. The maximum absolute atomic E-state index is 12.1. The smallest absolute Gasteiger partial charge is 0.272 e. The van der Waals surface area contributed by atoms with Gasteiger partial charge < -0.3 is 14.7 Å². The van der Waals surface area contributed by atoms with Crippen LogP contribution in [0.1, 0.15) is 21.7 Å². The lowest BCUT2D eigenvalue weighted by atomic mass is 10.2. The highest BCUT2D eigenvalue weighted by Gasteiger charge is 2.17. The van der Waals surface area contributed by atoms with E-state index >= 15 is 0 Å². The Morgan fingerprint density at radius 2 is 2.32 bits per heavy atom. The number of ether oxygens (including phenoxy) is 1. The lowest BCUT2D eigenvalue weighted by Crippen LogP contribution is -2.36. The molecule has 19 heavy (non-hydrogen) atoms. The van der Waals surface area contributed by atoms with Crippen LogP contribution in [0.5, 0.6) is 0 Å². The molecule has 0 aromatic carbocycles. The Balaban J connectivity index is 2.77. The first-order valence-corrected chi connectivity index (χ1v) is 5.79. The molecule has 0 radical (unpaired) electrons. The molecular formula is C13H17N3O3. The molecule has 0 aliphatic heterocycles. The van der Waals surface area contributed by atoms with Crippen molar-refractivity contribution in [3.8, 4) is 6.07 Å². The number of pyridine rings is 1. The van der Waals surface area contributed by atoms with Crippen LogP contribution in [0.15, 0.2) is 12.1 Å². The minimum absolute atomic E-state index is 0.160. The number of rotatable bonds is 5. The zero-order valence-electron chi connectivity index (χ0n) is 11.3. The maximum Gasteiger partial charge on any atom is 0.272 e. The van der Waals surface area contributed by atoms with E-state index in [1.54, 1.807) is 20.0 Å². The number of nitriles is 1. The average molecular weight is 263 g/mol. The molecule has 0 saturated heterocycles. The Bertz CT molecular complexity index is 496. The number of hydrogen-bond donors (Lipinski definition) is 1. The van der Waals surface area contributed by atoms with Crippen LogP contribution in [0.3, 0.4) is 0 Å². The van der Waals surface area contributed by atoms with Gasteiger partial charge >= 0.3 is 0 Å². The van der Waals surface area contributed by atoms with E-state index in [0.29, 0.717) is 11.3 Å². The summed E-state index contributed by atoms with van der Waals surface area (Å²) in [6.45, 7) is 2.00. The fourth-order valence-electron chi connectivity index (χ4n) is 1.64. The van der Waals surface area contributed by atoms with Gasteiger partial charge in [-0.25, -0.2) is 4.98 Å². The van der Waals surface area contributed by atoms with Crippen molar-refractivity contribution < 1.29 is 14.6 Å². The summed E-state index contributed by atoms with van der Waals surface area (Å²) >= 11 is 0. The van der Waals surface area contributed by atoms with Gasteiger partial charge in [-0.3, -0.25) is 4.79 Å². The topological polar surface area (TPSA) is 86.5 Å². The summed E-state index contributed by atoms with van der Waals surface area (Å²) in [5, 5.41) is 18.4. The van der Waals surface area contributed by atoms with E-state index in [4.69, 9.17) is 10.00 Å². The van der Waals surface area contributed by atoms with E-state index < -0.39 is 6.10 Å². The minimum Gasteiger partial charge on any atom is -0.389 e. The zero-order chi connectivity index (χ0) is 14.4. The van der Waals surface area contributed by atoms with E-state index in [1.165, 1.54) is 18.1 Å². The van der Waals surface area contributed by atoms with Crippen LogP contribution in [-0.2, 0) is 4.74 Å². The van der Waals surface area contributed by atoms with Gasteiger partial charge in [-0.1, -0.05) is 0 Å². The number of aliphatic hydroxyl groups excluding tert-OH is 1. The van der Waals surface area contributed by atoms with E-state index in [-0.39, 0.29) is 24.8 Å². The highest BCUT2D eigenvalue weighted by Crippen LogP contribution is 2.07. The molecule has 0 saturated carbocycles. The molecule has 1 amide bonds. The molecule has 1 heterocycles. The molecule has 1 unspecified atom stereocenters. The lowest BCUT2D eigenvalue weighted by Gasteiger charge is -2.20. The van der Waals surface area contributed by atoms with Gasteiger partial charge in [0.05, 0.1) is 24.0 Å². The van der Waals surface area contributed by atoms with Crippen LogP contribution in [0, 0.1) is 18.3 Å². The van der Waals surface area contributed by atoms with Crippen LogP contribution >= 0.6 is 0 Å². The summed E-state index contributed by atoms with van der Waals surface area (Å²) in [4.78, 5) is 17.5. The summed E-state index contributed by atoms with van der Waals surface area (Å²) in [6, 6.07) is 5.07. The Morgan fingerprint density at radius 3 is 2.84 bits per heavy atom. The van der Waals surface area contributed by atoms with Crippen LogP contribution in [0.2, 0.25) is 0 Å². The summed E-state index contributed by atoms with van der Waals surface area (Å²) in [5.74, 6) is -0.303. The summed E-state index contributed by atoms with van der Waals surface area (Å²) in [7, 11) is 3.06. The third kappa shape index (κ3) is 4.02. The third-order valence-electron chi connectivity index (χ3n) is 2.62. The molecule has 1 N–H and O–H groups in total. The van der Waals surface area contributed by atoms with Gasteiger partial charge in [0.1, 0.15) is 11.8 Å². The Hall–Kier alpha value is -1.97. The number of aromatic nitrogens is 1. The molecule has 6 heteroatoms. The van der Waals surface area contributed by atoms with Gasteiger partial charge in [-0.2, -0.15) is 5.26 Å². The number of carbonyl (C=O) groups is 1. The first-order valence-electron chi connectivity index (χ1n) is 5.79. The summed E-state index contributed by atoms with van der Waals surface area (Å²) < 4.78 is 4.80. The van der Waals surface area contributed by atoms with E-state index in [2.05, 4.69) is 4.98 Å². The van der Waals surface area contributed by atoms with Gasteiger partial charge in [0.15, 0.2) is 0 Å². The molecule has 1 aromatic rings. The normalized spacial score (nSPS) is 11.7. The van der Waals surface area contributed by atoms with E-state index in [9.17, 15) is 9.90 Å². The number of hydrogen-bond acceptors (Lipinski definition) is 5. The highest BCUT2D eigenvalue weighted by atomic mass is 16.5. The maximum atomic E-state index is 12.1. The molecule has 0 aliphatic carbocycles. The average Bonchev–Trinajstić information content (AvgIpc) is 2.37. The van der Waals surface area contributed by atoms with Crippen molar-refractivity contribution in [3.05, 3.63) is 29.1 Å². The van der Waals surface area contributed by atoms with Crippen molar-refractivity contribution in [3.63, 3.8) is 0 Å². The van der Waals surface area contributed by atoms with E-state index in [1.807, 2.05) is 6.07 Å². The van der Waals surface area contributed by atoms with Crippen molar-refractivity contribution in [1.29, 1.82) is 5.26 Å². The molecule has 0 aliphatic rings. The van der Waals surface area contributed by atoms with Gasteiger partial charge in [-0.15, -0.1) is 0 Å². The van der Waals surface area contributed by atoms with Gasteiger partial charge in [0.2, 0.25) is 0 Å². The summed E-state index contributed by atoms with van der Waals surface area (Å²) in [6.07, 6.45) is -0.738. The molecule has 0 bridgehead atoms. The predicted molar refractivity (Wildman–Crippen MR) is 68.5 cm³/mol. The second kappa shape index (κ2) is 6.83. The molecule has 1 rings (SSSR count). The largest absolute Gasteiger partial charge is 0.389 e. The van der Waals surface area contributed by atoms with Crippen molar-refractivity contribution in [1.82, 2.24) is 9.88 Å². The lowest BCUT2D eigenvalue weighted by molar-refractivity contribution is 0.0378. The number of amides is 1. The monoisotopic (exact) mass is 263 g/mol. The van der Waals surface area contributed by atoms with Crippen molar-refractivity contribution in [2.24, 2.45) is 0 Å². The molecule has 1 aromatic heterocycles. The first-order chi connectivity index (χ1) is 8.99. The quantitative estimate of drug-likeness (QED) is 0.828. The Morgan fingerprint density at radius 1 is 1.63 bits per heavy atom. The van der Waals surface area contributed by atoms with Gasteiger partial charge in [-0.05, 0) is 19.1 Å². The van der Waals surface area contributed by atoms with E-state index in [0.717, 1.165) is 0 Å². The van der Waals surface area contributed by atoms with Gasteiger partial charge in [0, 0.05) is 20.7 Å². The second-order valence-electron chi connectivity index (χ2n) is 4.24. The highest BCUT2D eigenvalue weighted by molar-refractivity contribution is 5.92. The fourth-order valence-corrected chi connectivity index (χ4v) is 1.64. The molecule has 102 valence electrons. The van der Waals surface area contributed by atoms with Gasteiger partial charge in [0.25, 0.3) is 5.91 Å². The SMILES string of the molecule is COCC(O)CN(C)C(=O)c1ccc(C#N)c(C)n1. The van der Waals surface area contributed by atoms with Crippen LogP contribution in [-0.4, -0.2) is 54.3 Å². The van der Waals surface area contributed by atoms with Crippen LogP contribution < -0.4 is 0 Å². The first kappa shape index (κ1) is 15.1. The fraction of sp³-hybridized carbons (Fsp3) is 0.462. The number of aryl methyl sites for hydroxylation is 1. The van der Waals surface area contributed by atoms with Crippen molar-refractivity contribution in [2.75, 3.05) is 27.3 Å². The van der Waals surface area contributed by atoms with Crippen LogP contribution in [0.4, 0.5) is 0 Å². The summed E-state index contributed by atoms with van der Waals surface area (Å²) in [5.41, 5.74) is 1.21. The number of aliphatic hydroxyl groups is 1. The molecule has 6 nitrogen and oxygen atoms in total. The Labute approximate surface area is 112 Å².